The highest BCUT2D eigenvalue weighted by atomic mass is 15.2. The van der Waals surface area contributed by atoms with Crippen molar-refractivity contribution in [2.45, 2.75) is 38.8 Å². The SMILES string of the molecule is CCCn1ccnc1CC(Cc1ccccn1)NN. The van der Waals surface area contributed by atoms with Gasteiger partial charge in [-0.2, -0.15) is 0 Å². The van der Waals surface area contributed by atoms with E-state index >= 15 is 0 Å². The first-order valence-electron chi connectivity index (χ1n) is 6.69. The van der Waals surface area contributed by atoms with Gasteiger partial charge in [-0.3, -0.25) is 16.3 Å². The molecule has 0 spiro atoms. The van der Waals surface area contributed by atoms with Crippen LogP contribution < -0.4 is 11.3 Å². The van der Waals surface area contributed by atoms with Gasteiger partial charge in [0.2, 0.25) is 0 Å². The minimum atomic E-state index is 0.146. The number of hydrazine groups is 1. The minimum Gasteiger partial charge on any atom is -0.335 e. The molecule has 0 aliphatic rings. The van der Waals surface area contributed by atoms with E-state index in [0.717, 1.165) is 37.3 Å². The highest BCUT2D eigenvalue weighted by Gasteiger charge is 2.13. The van der Waals surface area contributed by atoms with Gasteiger partial charge >= 0.3 is 0 Å². The van der Waals surface area contributed by atoms with Crippen molar-refractivity contribution < 1.29 is 0 Å². The second-order valence-electron chi connectivity index (χ2n) is 4.63. The second-order valence-corrected chi connectivity index (χ2v) is 4.63. The number of pyridine rings is 1. The van der Waals surface area contributed by atoms with Crippen molar-refractivity contribution in [1.29, 1.82) is 0 Å². The summed E-state index contributed by atoms with van der Waals surface area (Å²) in [6, 6.07) is 6.08. The molecule has 19 heavy (non-hydrogen) atoms. The first-order valence-corrected chi connectivity index (χ1v) is 6.69. The van der Waals surface area contributed by atoms with E-state index in [2.05, 4.69) is 26.9 Å². The Hall–Kier alpha value is -1.72. The fraction of sp³-hybridized carbons (Fsp3) is 0.429. The maximum absolute atomic E-state index is 5.65. The van der Waals surface area contributed by atoms with Crippen LogP contribution in [0, 0.1) is 0 Å². The van der Waals surface area contributed by atoms with Crippen molar-refractivity contribution in [2.24, 2.45) is 5.84 Å². The monoisotopic (exact) mass is 259 g/mol. The van der Waals surface area contributed by atoms with Gasteiger partial charge in [-0.25, -0.2) is 4.98 Å². The number of aromatic nitrogens is 3. The van der Waals surface area contributed by atoms with Crippen LogP contribution in [0.1, 0.15) is 24.9 Å². The molecular weight excluding hydrogens is 238 g/mol. The Bertz CT molecular complexity index is 480. The fourth-order valence-corrected chi connectivity index (χ4v) is 2.16. The van der Waals surface area contributed by atoms with Crippen LogP contribution in [0.4, 0.5) is 0 Å². The smallest absolute Gasteiger partial charge is 0.110 e. The minimum absolute atomic E-state index is 0.146. The van der Waals surface area contributed by atoms with E-state index in [1.165, 1.54) is 0 Å². The zero-order chi connectivity index (χ0) is 13.5. The first-order chi connectivity index (χ1) is 9.33. The Morgan fingerprint density at radius 1 is 1.26 bits per heavy atom. The van der Waals surface area contributed by atoms with Gasteiger partial charge in [0.1, 0.15) is 5.82 Å². The molecule has 0 bridgehead atoms. The largest absolute Gasteiger partial charge is 0.335 e. The molecule has 2 rings (SSSR count). The summed E-state index contributed by atoms with van der Waals surface area (Å²) in [6.07, 6.45) is 8.38. The molecule has 0 fully saturated rings. The van der Waals surface area contributed by atoms with Gasteiger partial charge in [0, 0.05) is 49.7 Å². The summed E-state index contributed by atoms with van der Waals surface area (Å²) in [7, 11) is 0. The van der Waals surface area contributed by atoms with Crippen LogP contribution >= 0.6 is 0 Å². The predicted octanol–water partition coefficient (Wildman–Crippen LogP) is 1.31. The van der Waals surface area contributed by atoms with Crippen LogP contribution in [-0.2, 0) is 19.4 Å². The third-order valence-corrected chi connectivity index (χ3v) is 3.11. The summed E-state index contributed by atoms with van der Waals surface area (Å²) in [4.78, 5) is 8.74. The summed E-state index contributed by atoms with van der Waals surface area (Å²) < 4.78 is 2.18. The molecule has 0 saturated carbocycles. The Kier molecular flexibility index (Phi) is 5.06. The molecule has 0 aromatic carbocycles. The van der Waals surface area contributed by atoms with Crippen LogP contribution in [0.2, 0.25) is 0 Å². The molecule has 1 unspecified atom stereocenters. The molecule has 3 N–H and O–H groups in total. The molecule has 2 aromatic rings. The Balaban J connectivity index is 2.00. The summed E-state index contributed by atoms with van der Waals surface area (Å²) in [5.41, 5.74) is 3.91. The quantitative estimate of drug-likeness (QED) is 0.581. The van der Waals surface area contributed by atoms with Gasteiger partial charge < -0.3 is 4.57 Å². The van der Waals surface area contributed by atoms with E-state index in [0.29, 0.717) is 0 Å². The van der Waals surface area contributed by atoms with Gasteiger partial charge in [0.15, 0.2) is 0 Å². The summed E-state index contributed by atoms with van der Waals surface area (Å²) >= 11 is 0. The molecule has 5 heteroatoms. The summed E-state index contributed by atoms with van der Waals surface area (Å²) in [5, 5.41) is 0. The van der Waals surface area contributed by atoms with Crippen molar-refractivity contribution >= 4 is 0 Å². The molecule has 102 valence electrons. The number of nitrogens with two attached hydrogens (primary N) is 1. The normalized spacial score (nSPS) is 12.5. The number of hydrogen-bond acceptors (Lipinski definition) is 4. The van der Waals surface area contributed by atoms with Gasteiger partial charge in [0.05, 0.1) is 0 Å². The molecule has 0 saturated heterocycles. The number of nitrogens with zero attached hydrogens (tertiary/aromatic N) is 3. The Labute approximate surface area is 113 Å². The van der Waals surface area contributed by atoms with Gasteiger partial charge in [-0.15, -0.1) is 0 Å². The Morgan fingerprint density at radius 2 is 2.16 bits per heavy atom. The molecule has 2 heterocycles. The molecule has 0 radical (unpaired) electrons. The van der Waals surface area contributed by atoms with Gasteiger partial charge in [-0.05, 0) is 18.6 Å². The van der Waals surface area contributed by atoms with Crippen LogP contribution in [0.25, 0.3) is 0 Å². The van der Waals surface area contributed by atoms with Crippen molar-refractivity contribution in [3.8, 4) is 0 Å². The maximum Gasteiger partial charge on any atom is 0.110 e. The molecule has 0 amide bonds. The lowest BCUT2D eigenvalue weighted by Gasteiger charge is -2.16. The van der Waals surface area contributed by atoms with Crippen LogP contribution in [0.3, 0.4) is 0 Å². The lowest BCUT2D eigenvalue weighted by molar-refractivity contribution is 0.491. The topological polar surface area (TPSA) is 68.8 Å². The van der Waals surface area contributed by atoms with Crippen LogP contribution in [0.5, 0.6) is 0 Å². The third kappa shape index (κ3) is 3.87. The van der Waals surface area contributed by atoms with E-state index in [4.69, 9.17) is 5.84 Å². The van der Waals surface area contributed by atoms with E-state index in [9.17, 15) is 0 Å². The summed E-state index contributed by atoms with van der Waals surface area (Å²) in [5.74, 6) is 6.72. The van der Waals surface area contributed by atoms with Crippen molar-refractivity contribution in [2.75, 3.05) is 0 Å². The lowest BCUT2D eigenvalue weighted by atomic mass is 10.1. The average molecular weight is 259 g/mol. The summed E-state index contributed by atoms with van der Waals surface area (Å²) in [6.45, 7) is 3.16. The van der Waals surface area contributed by atoms with Crippen molar-refractivity contribution in [3.63, 3.8) is 0 Å². The Morgan fingerprint density at radius 3 is 2.84 bits per heavy atom. The molecule has 0 aliphatic carbocycles. The van der Waals surface area contributed by atoms with Crippen molar-refractivity contribution in [1.82, 2.24) is 20.0 Å². The maximum atomic E-state index is 5.65. The molecular formula is C14H21N5. The van der Waals surface area contributed by atoms with Crippen LogP contribution in [0.15, 0.2) is 36.8 Å². The highest BCUT2D eigenvalue weighted by Crippen LogP contribution is 2.07. The lowest BCUT2D eigenvalue weighted by Crippen LogP contribution is -2.39. The van der Waals surface area contributed by atoms with Crippen molar-refractivity contribution in [3.05, 3.63) is 48.3 Å². The number of nitrogens with one attached hydrogen (secondary N) is 1. The molecule has 1 atom stereocenters. The zero-order valence-electron chi connectivity index (χ0n) is 11.3. The average Bonchev–Trinajstić information content (AvgIpc) is 2.87. The third-order valence-electron chi connectivity index (χ3n) is 3.11. The van der Waals surface area contributed by atoms with Crippen LogP contribution in [-0.4, -0.2) is 20.6 Å². The first kappa shape index (κ1) is 13.7. The number of rotatable bonds is 7. The fourth-order valence-electron chi connectivity index (χ4n) is 2.16. The molecule has 2 aromatic heterocycles. The molecule has 0 aliphatic heterocycles. The number of imidazole rings is 1. The highest BCUT2D eigenvalue weighted by molar-refractivity contribution is 5.06. The van der Waals surface area contributed by atoms with Gasteiger partial charge in [-0.1, -0.05) is 13.0 Å². The zero-order valence-corrected chi connectivity index (χ0v) is 11.3. The standard InChI is InChI=1S/C14H21N5/c1-2-8-19-9-7-17-14(19)11-13(18-15)10-12-5-3-4-6-16-12/h3-7,9,13,18H,2,8,10-11,15H2,1H3. The molecule has 5 nitrogen and oxygen atoms in total. The van der Waals surface area contributed by atoms with E-state index < -0.39 is 0 Å². The predicted molar refractivity (Wildman–Crippen MR) is 75.3 cm³/mol. The van der Waals surface area contributed by atoms with E-state index in [-0.39, 0.29) is 6.04 Å². The van der Waals surface area contributed by atoms with E-state index in [1.54, 1.807) is 6.20 Å². The number of aryl methyl sites for hydroxylation is 1. The second kappa shape index (κ2) is 7.01. The van der Waals surface area contributed by atoms with Gasteiger partial charge in [0.25, 0.3) is 0 Å². The number of hydrogen-bond donors (Lipinski definition) is 2. The van der Waals surface area contributed by atoms with E-state index in [1.807, 2.05) is 30.6 Å².